The smallest absolute Gasteiger partial charge is 0.0770 e. The molecule has 0 spiro atoms. The molecule has 1 aromatic heterocycles. The number of aromatic nitrogens is 2. The van der Waals surface area contributed by atoms with Crippen LogP contribution in [0.5, 0.6) is 0 Å². The van der Waals surface area contributed by atoms with Crippen molar-refractivity contribution < 1.29 is 0 Å². The normalized spacial score (nSPS) is 12.6. The van der Waals surface area contributed by atoms with E-state index in [0.29, 0.717) is 0 Å². The number of halogens is 2. The van der Waals surface area contributed by atoms with Crippen molar-refractivity contribution >= 4 is 38.5 Å². The molecule has 0 aliphatic heterocycles. The zero-order chi connectivity index (χ0) is 15.4. The van der Waals surface area contributed by atoms with Gasteiger partial charge in [-0.15, -0.1) is 0 Å². The summed E-state index contributed by atoms with van der Waals surface area (Å²) >= 11 is 6.11. The van der Waals surface area contributed by atoms with Crippen LogP contribution in [0.1, 0.15) is 43.1 Å². The predicted octanol–water partition coefficient (Wildman–Crippen LogP) is 4.67. The summed E-state index contributed by atoms with van der Waals surface area (Å²) in [7, 11) is 0. The van der Waals surface area contributed by atoms with Crippen LogP contribution in [-0.4, -0.2) is 16.3 Å². The Balaban J connectivity index is 2.52. The molecule has 0 bridgehead atoms. The Morgan fingerprint density at radius 3 is 2.81 bits per heavy atom. The van der Waals surface area contributed by atoms with Crippen LogP contribution >= 0.6 is 38.5 Å². The Morgan fingerprint density at radius 2 is 2.14 bits per heavy atom. The van der Waals surface area contributed by atoms with Gasteiger partial charge < -0.3 is 5.32 Å². The molecule has 1 aromatic carbocycles. The largest absolute Gasteiger partial charge is 0.305 e. The highest BCUT2D eigenvalue weighted by molar-refractivity contribution is 14.1. The van der Waals surface area contributed by atoms with Crippen molar-refractivity contribution in [3.8, 4) is 0 Å². The summed E-state index contributed by atoms with van der Waals surface area (Å²) in [4.78, 5) is 0. The van der Waals surface area contributed by atoms with Gasteiger partial charge >= 0.3 is 0 Å². The van der Waals surface area contributed by atoms with Crippen LogP contribution in [0.4, 0.5) is 0 Å². The van der Waals surface area contributed by atoms with E-state index in [2.05, 4.69) is 92.6 Å². The van der Waals surface area contributed by atoms with Crippen molar-refractivity contribution in [2.45, 2.75) is 39.8 Å². The number of nitrogens with zero attached hydrogens (tertiary/aromatic N) is 2. The Bertz CT molecular complexity index is 610. The molecule has 1 atom stereocenters. The van der Waals surface area contributed by atoms with Crippen LogP contribution in [0.2, 0.25) is 0 Å². The number of hydrogen-bond donors (Lipinski definition) is 1. The van der Waals surface area contributed by atoms with E-state index in [1.807, 2.05) is 6.20 Å². The number of hydrogen-bond acceptors (Lipinski definition) is 2. The van der Waals surface area contributed by atoms with Crippen LogP contribution in [0, 0.1) is 10.5 Å². The monoisotopic (exact) mass is 461 g/mol. The lowest BCUT2D eigenvalue weighted by Gasteiger charge is -2.23. The average Bonchev–Trinajstić information content (AvgIpc) is 2.85. The van der Waals surface area contributed by atoms with Gasteiger partial charge in [0.1, 0.15) is 0 Å². The zero-order valence-corrected chi connectivity index (χ0v) is 16.4. The summed E-state index contributed by atoms with van der Waals surface area (Å²) in [6.07, 6.45) is 3.00. The topological polar surface area (TPSA) is 29.9 Å². The first-order valence-corrected chi connectivity index (χ1v) is 9.16. The molecular formula is C16H21BrIN3. The molecule has 1 heterocycles. The summed E-state index contributed by atoms with van der Waals surface area (Å²) in [5, 5.41) is 8.14. The van der Waals surface area contributed by atoms with E-state index in [-0.39, 0.29) is 6.04 Å². The van der Waals surface area contributed by atoms with Gasteiger partial charge in [0.15, 0.2) is 0 Å². The van der Waals surface area contributed by atoms with Crippen molar-refractivity contribution in [1.82, 2.24) is 15.1 Å². The maximum atomic E-state index is 4.47. The van der Waals surface area contributed by atoms with Gasteiger partial charge in [-0.25, -0.2) is 0 Å². The molecular weight excluding hydrogens is 441 g/mol. The molecule has 0 amide bonds. The minimum Gasteiger partial charge on any atom is -0.305 e. The van der Waals surface area contributed by atoms with E-state index in [1.54, 1.807) is 0 Å². The summed E-state index contributed by atoms with van der Waals surface area (Å²) < 4.78 is 4.45. The van der Waals surface area contributed by atoms with Gasteiger partial charge in [0.2, 0.25) is 0 Å². The average molecular weight is 462 g/mol. The maximum Gasteiger partial charge on any atom is 0.0770 e. The van der Waals surface area contributed by atoms with Crippen molar-refractivity contribution in [1.29, 1.82) is 0 Å². The number of benzene rings is 1. The maximum absolute atomic E-state index is 4.47. The van der Waals surface area contributed by atoms with Gasteiger partial charge in [-0.3, -0.25) is 4.68 Å². The molecule has 5 heteroatoms. The number of nitrogens with one attached hydrogen (secondary N) is 1. The van der Waals surface area contributed by atoms with Crippen molar-refractivity contribution in [3.63, 3.8) is 0 Å². The quantitative estimate of drug-likeness (QED) is 0.633. The van der Waals surface area contributed by atoms with Crippen LogP contribution < -0.4 is 5.32 Å². The first-order valence-electron chi connectivity index (χ1n) is 7.29. The fourth-order valence-corrected chi connectivity index (χ4v) is 3.64. The second kappa shape index (κ2) is 7.74. The van der Waals surface area contributed by atoms with E-state index in [9.17, 15) is 0 Å². The number of rotatable bonds is 6. The molecule has 0 fully saturated rings. The van der Waals surface area contributed by atoms with Gasteiger partial charge in [-0.1, -0.05) is 25.1 Å². The molecule has 0 saturated carbocycles. The van der Waals surface area contributed by atoms with Gasteiger partial charge in [0.25, 0.3) is 0 Å². The molecule has 0 saturated heterocycles. The van der Waals surface area contributed by atoms with Gasteiger partial charge in [-0.2, -0.15) is 5.10 Å². The van der Waals surface area contributed by atoms with Crippen LogP contribution in [0.3, 0.4) is 0 Å². The summed E-state index contributed by atoms with van der Waals surface area (Å²) in [6, 6.07) is 6.66. The highest BCUT2D eigenvalue weighted by Gasteiger charge is 2.23. The lowest BCUT2D eigenvalue weighted by Crippen LogP contribution is -2.27. The molecule has 0 aliphatic carbocycles. The van der Waals surface area contributed by atoms with Crippen molar-refractivity contribution in [3.05, 3.63) is 49.3 Å². The minimum atomic E-state index is 0.161. The van der Waals surface area contributed by atoms with Gasteiger partial charge in [0.05, 0.1) is 22.4 Å². The van der Waals surface area contributed by atoms with E-state index < -0.39 is 0 Å². The molecule has 0 aliphatic rings. The molecule has 1 unspecified atom stereocenters. The Labute approximate surface area is 148 Å². The number of aryl methyl sites for hydroxylation is 2. The fourth-order valence-electron chi connectivity index (χ4n) is 2.45. The highest BCUT2D eigenvalue weighted by atomic mass is 127. The third-order valence-electron chi connectivity index (χ3n) is 3.54. The van der Waals surface area contributed by atoms with Crippen LogP contribution in [0.25, 0.3) is 0 Å². The fraction of sp³-hybridized carbons (Fsp3) is 0.438. The van der Waals surface area contributed by atoms with Gasteiger partial charge in [-0.05, 0) is 76.5 Å². The Morgan fingerprint density at radius 1 is 1.38 bits per heavy atom. The van der Waals surface area contributed by atoms with Gasteiger partial charge in [0, 0.05) is 10.1 Å². The van der Waals surface area contributed by atoms with E-state index in [4.69, 9.17) is 0 Å². The molecule has 0 radical (unpaired) electrons. The third kappa shape index (κ3) is 3.68. The highest BCUT2D eigenvalue weighted by Crippen LogP contribution is 2.32. The molecule has 114 valence electrons. The first kappa shape index (κ1) is 17.0. The summed E-state index contributed by atoms with van der Waals surface area (Å²) in [6.45, 7) is 8.33. The third-order valence-corrected chi connectivity index (χ3v) is 5.62. The van der Waals surface area contributed by atoms with Crippen molar-refractivity contribution in [2.75, 3.05) is 6.54 Å². The predicted molar refractivity (Wildman–Crippen MR) is 99.6 cm³/mol. The molecule has 3 nitrogen and oxygen atoms in total. The minimum absolute atomic E-state index is 0.161. The summed E-state index contributed by atoms with van der Waals surface area (Å²) in [5.74, 6) is 0. The van der Waals surface area contributed by atoms with Crippen LogP contribution in [-0.2, 0) is 6.54 Å². The lowest BCUT2D eigenvalue weighted by atomic mass is 10.0. The second-order valence-corrected chi connectivity index (χ2v) is 6.99. The standard InChI is InChI=1S/C16H21BrIN3/c1-4-9-19-15(12-8-6-7-11(3)14(12)18)16-13(17)10-20-21(16)5-2/h6-8,10,15,19H,4-5,9H2,1-3H3. The Kier molecular flexibility index (Phi) is 6.25. The summed E-state index contributed by atoms with van der Waals surface area (Å²) in [5.41, 5.74) is 3.84. The molecule has 21 heavy (non-hydrogen) atoms. The van der Waals surface area contributed by atoms with Crippen LogP contribution in [0.15, 0.2) is 28.9 Å². The molecule has 2 aromatic rings. The first-order chi connectivity index (χ1) is 10.1. The molecule has 2 rings (SSSR count). The lowest BCUT2D eigenvalue weighted by molar-refractivity contribution is 0.527. The SMILES string of the molecule is CCCNC(c1cccc(C)c1I)c1c(Br)cnn1CC. The molecule has 1 N–H and O–H groups in total. The zero-order valence-electron chi connectivity index (χ0n) is 12.7. The van der Waals surface area contributed by atoms with E-state index >= 15 is 0 Å². The second-order valence-electron chi connectivity index (χ2n) is 5.06. The van der Waals surface area contributed by atoms with E-state index in [1.165, 1.54) is 20.4 Å². The van der Waals surface area contributed by atoms with E-state index in [0.717, 1.165) is 24.0 Å². The Hall–Kier alpha value is -0.400. The van der Waals surface area contributed by atoms with Crippen molar-refractivity contribution in [2.24, 2.45) is 0 Å².